The zero-order valence-electron chi connectivity index (χ0n) is 9.45. The number of fused-ring (bicyclic) bond motifs is 1. The molecular formula is C10H18BN2O. The molecule has 0 aromatic carbocycles. The molecule has 0 bridgehead atoms. The Morgan fingerprint density at radius 3 is 2.64 bits per heavy atom. The quantitative estimate of drug-likeness (QED) is 0.587. The van der Waals surface area contributed by atoms with Crippen molar-refractivity contribution in [3.63, 3.8) is 0 Å². The highest BCUT2D eigenvalue weighted by Gasteiger charge is 2.28. The molecule has 0 amide bonds. The van der Waals surface area contributed by atoms with Crippen molar-refractivity contribution in [3.8, 4) is 0 Å². The van der Waals surface area contributed by atoms with E-state index >= 15 is 0 Å². The first-order valence-electron chi connectivity index (χ1n) is 4.86. The molecular weight excluding hydrogens is 175 g/mol. The monoisotopic (exact) mass is 193 g/mol. The maximum Gasteiger partial charge on any atom is 0.104 e. The average Bonchev–Trinajstić information content (AvgIpc) is 2.56. The summed E-state index contributed by atoms with van der Waals surface area (Å²) in [5.74, 6) is 0. The van der Waals surface area contributed by atoms with Crippen LogP contribution in [0.25, 0.3) is 0 Å². The first-order valence-corrected chi connectivity index (χ1v) is 4.86. The second kappa shape index (κ2) is 5.20. The van der Waals surface area contributed by atoms with Crippen LogP contribution in [0, 0.1) is 0 Å². The van der Waals surface area contributed by atoms with E-state index in [4.69, 9.17) is 4.74 Å². The third-order valence-corrected chi connectivity index (χ3v) is 2.10. The fourth-order valence-electron chi connectivity index (χ4n) is 1.48. The molecule has 3 nitrogen and oxygen atoms in total. The van der Waals surface area contributed by atoms with Crippen LogP contribution in [0.3, 0.4) is 0 Å². The minimum Gasteiger partial charge on any atom is -0.367 e. The van der Waals surface area contributed by atoms with E-state index in [1.807, 2.05) is 30.8 Å². The summed E-state index contributed by atoms with van der Waals surface area (Å²) in [5.41, 5.74) is 1.01. The molecule has 0 N–H and O–H groups in total. The van der Waals surface area contributed by atoms with E-state index in [2.05, 4.69) is 18.9 Å². The number of rotatable bonds is 0. The number of ether oxygens (including phenoxy) is 1. The third kappa shape index (κ3) is 2.38. The van der Waals surface area contributed by atoms with E-state index in [0.717, 1.165) is 13.2 Å². The fourth-order valence-corrected chi connectivity index (χ4v) is 1.48. The van der Waals surface area contributed by atoms with Gasteiger partial charge in [-0.05, 0) is 19.9 Å². The summed E-state index contributed by atoms with van der Waals surface area (Å²) in [4.78, 5) is 0. The van der Waals surface area contributed by atoms with Crippen LogP contribution < -0.4 is 0 Å². The molecule has 0 saturated heterocycles. The van der Waals surface area contributed by atoms with Crippen LogP contribution in [0.5, 0.6) is 0 Å². The predicted octanol–water partition coefficient (Wildman–Crippen LogP) is 1.79. The molecule has 1 aromatic rings. The highest BCUT2D eigenvalue weighted by atomic mass is 16.5. The lowest BCUT2D eigenvalue weighted by Crippen LogP contribution is -2.33. The van der Waals surface area contributed by atoms with Crippen molar-refractivity contribution in [1.29, 1.82) is 0 Å². The number of hydrogen-bond donors (Lipinski definition) is 0. The normalized spacial score (nSPS) is 17.1. The maximum atomic E-state index is 5.59. The van der Waals surface area contributed by atoms with Gasteiger partial charge in [0.15, 0.2) is 0 Å². The van der Waals surface area contributed by atoms with Gasteiger partial charge >= 0.3 is 0 Å². The van der Waals surface area contributed by atoms with Gasteiger partial charge in [-0.25, -0.2) is 0 Å². The van der Waals surface area contributed by atoms with Gasteiger partial charge in [-0.2, -0.15) is 5.10 Å². The summed E-state index contributed by atoms with van der Waals surface area (Å²) < 4.78 is 7.59. The van der Waals surface area contributed by atoms with Gasteiger partial charge in [-0.1, -0.05) is 13.8 Å². The Hall–Kier alpha value is -0.765. The van der Waals surface area contributed by atoms with Gasteiger partial charge in [0.25, 0.3) is 0 Å². The Labute approximate surface area is 88.0 Å². The maximum absolute atomic E-state index is 5.59. The SMILES string of the molecule is CC.CC1(C)OCCn2nccc21.[B]. The van der Waals surface area contributed by atoms with E-state index in [1.165, 1.54) is 5.69 Å². The van der Waals surface area contributed by atoms with Gasteiger partial charge in [0, 0.05) is 14.6 Å². The van der Waals surface area contributed by atoms with Crippen molar-refractivity contribution < 1.29 is 4.74 Å². The van der Waals surface area contributed by atoms with Crippen LogP contribution >= 0.6 is 0 Å². The van der Waals surface area contributed by atoms with Crippen LogP contribution in [-0.4, -0.2) is 24.8 Å². The largest absolute Gasteiger partial charge is 0.367 e. The molecule has 0 atom stereocenters. The van der Waals surface area contributed by atoms with E-state index in [9.17, 15) is 0 Å². The number of hydrogen-bond acceptors (Lipinski definition) is 2. The van der Waals surface area contributed by atoms with Gasteiger partial charge in [-0.15, -0.1) is 0 Å². The van der Waals surface area contributed by atoms with Gasteiger partial charge in [0.2, 0.25) is 0 Å². The Morgan fingerprint density at radius 2 is 2.07 bits per heavy atom. The zero-order valence-corrected chi connectivity index (χ0v) is 9.45. The van der Waals surface area contributed by atoms with Gasteiger partial charge in [0.1, 0.15) is 5.60 Å². The second-order valence-electron chi connectivity index (χ2n) is 3.30. The van der Waals surface area contributed by atoms with Crippen LogP contribution in [-0.2, 0) is 16.9 Å². The van der Waals surface area contributed by atoms with Crippen molar-refractivity contribution in [3.05, 3.63) is 18.0 Å². The second-order valence-corrected chi connectivity index (χ2v) is 3.30. The highest BCUT2D eigenvalue weighted by molar-refractivity contribution is 5.75. The van der Waals surface area contributed by atoms with Gasteiger partial charge in [-0.3, -0.25) is 4.68 Å². The van der Waals surface area contributed by atoms with E-state index in [-0.39, 0.29) is 14.0 Å². The van der Waals surface area contributed by atoms with Crippen LogP contribution in [0.15, 0.2) is 12.3 Å². The van der Waals surface area contributed by atoms with Gasteiger partial charge in [0.05, 0.1) is 18.8 Å². The van der Waals surface area contributed by atoms with Crippen molar-refractivity contribution >= 4 is 8.41 Å². The van der Waals surface area contributed by atoms with Crippen molar-refractivity contribution in [1.82, 2.24) is 9.78 Å². The lowest BCUT2D eigenvalue weighted by molar-refractivity contribution is -0.0532. The first kappa shape index (κ1) is 13.2. The number of aromatic nitrogens is 2. The van der Waals surface area contributed by atoms with Crippen LogP contribution in [0.1, 0.15) is 33.4 Å². The Bertz CT molecular complexity index is 271. The molecule has 0 saturated carbocycles. The standard InChI is InChI=1S/C8H12N2O.C2H6.B/c1-8(2)7-3-4-9-10(7)5-6-11-8;1-2;/h3-4H,5-6H2,1-2H3;1-2H3;. The predicted molar refractivity (Wildman–Crippen MR) is 58.3 cm³/mol. The molecule has 0 unspecified atom stereocenters. The van der Waals surface area contributed by atoms with Crippen molar-refractivity contribution in [2.45, 2.75) is 39.8 Å². The molecule has 2 rings (SSSR count). The smallest absolute Gasteiger partial charge is 0.104 e. The number of nitrogens with zero attached hydrogens (tertiary/aromatic N) is 2. The topological polar surface area (TPSA) is 27.1 Å². The van der Waals surface area contributed by atoms with E-state index in [0.29, 0.717) is 0 Å². The summed E-state index contributed by atoms with van der Waals surface area (Å²) in [7, 11) is 0. The minimum absolute atomic E-state index is 0. The van der Waals surface area contributed by atoms with Crippen molar-refractivity contribution in [2.24, 2.45) is 0 Å². The Morgan fingerprint density at radius 1 is 1.43 bits per heavy atom. The first-order chi connectivity index (χ1) is 6.20. The van der Waals surface area contributed by atoms with Gasteiger partial charge < -0.3 is 4.74 Å². The van der Waals surface area contributed by atoms with E-state index in [1.54, 1.807) is 0 Å². The summed E-state index contributed by atoms with van der Waals surface area (Å²) in [6.45, 7) is 9.78. The molecule has 2 heterocycles. The molecule has 1 aliphatic heterocycles. The molecule has 77 valence electrons. The summed E-state index contributed by atoms with van der Waals surface area (Å²) in [5, 5.41) is 4.19. The zero-order chi connectivity index (χ0) is 9.90. The Balaban J connectivity index is 0.000000531. The molecule has 3 radical (unpaired) electrons. The fraction of sp³-hybridized carbons (Fsp3) is 0.700. The molecule has 0 aliphatic carbocycles. The summed E-state index contributed by atoms with van der Waals surface area (Å²) in [6, 6.07) is 2.01. The van der Waals surface area contributed by atoms with E-state index < -0.39 is 0 Å². The summed E-state index contributed by atoms with van der Waals surface area (Å²) >= 11 is 0. The molecule has 0 fully saturated rings. The highest BCUT2D eigenvalue weighted by Crippen LogP contribution is 2.27. The van der Waals surface area contributed by atoms with Crippen LogP contribution in [0.4, 0.5) is 0 Å². The minimum atomic E-state index is -0.158. The lowest BCUT2D eigenvalue weighted by Gasteiger charge is -2.30. The molecule has 1 aromatic heterocycles. The third-order valence-electron chi connectivity index (χ3n) is 2.10. The van der Waals surface area contributed by atoms with Crippen molar-refractivity contribution in [2.75, 3.05) is 6.61 Å². The molecule has 0 spiro atoms. The molecule has 4 heteroatoms. The summed E-state index contributed by atoms with van der Waals surface area (Å²) in [6.07, 6.45) is 1.83. The molecule has 1 aliphatic rings. The lowest BCUT2D eigenvalue weighted by atomic mass is 10.0. The molecule has 14 heavy (non-hydrogen) atoms. The Kier molecular flexibility index (Phi) is 4.91. The average molecular weight is 193 g/mol. The van der Waals surface area contributed by atoms with Crippen LogP contribution in [0.2, 0.25) is 0 Å².